The number of aliphatic hydroxyl groups excluding tert-OH is 1. The monoisotopic (exact) mass is 392 g/mol. The molecule has 0 aliphatic carbocycles. The maximum Gasteiger partial charge on any atom is 0.357 e. The van der Waals surface area contributed by atoms with Gasteiger partial charge in [-0.25, -0.2) is 4.79 Å². The average Bonchev–Trinajstić information content (AvgIpc) is 2.85. The number of hydrogen-bond acceptors (Lipinski definition) is 7. The Morgan fingerprint density at radius 1 is 1.41 bits per heavy atom. The molecule has 1 aromatic rings. The van der Waals surface area contributed by atoms with Crippen LogP contribution >= 0.6 is 9.47 Å². The zero-order chi connectivity index (χ0) is 19.9. The van der Waals surface area contributed by atoms with E-state index in [0.29, 0.717) is 18.8 Å². The highest BCUT2D eigenvalue weighted by Gasteiger charge is 2.59. The first kappa shape index (κ1) is 19.9. The molecule has 0 saturated carbocycles. The van der Waals surface area contributed by atoms with Gasteiger partial charge in [-0.05, 0) is 26.5 Å². The fourth-order valence-electron chi connectivity index (χ4n) is 4.02. The molecule has 27 heavy (non-hydrogen) atoms. The largest absolute Gasteiger partial charge is 0.447 e. The smallest absolute Gasteiger partial charge is 0.357 e. The minimum Gasteiger partial charge on any atom is -0.447 e. The Bertz CT molecular complexity index is 780. The number of carbonyl (C=O) groups excluding carboxylic acids is 2. The Balaban J connectivity index is 1.83. The van der Waals surface area contributed by atoms with E-state index in [4.69, 9.17) is 4.52 Å². The Morgan fingerprint density at radius 3 is 2.67 bits per heavy atom. The van der Waals surface area contributed by atoms with Gasteiger partial charge in [0.25, 0.3) is 0 Å². The molecule has 8 nitrogen and oxygen atoms in total. The summed E-state index contributed by atoms with van der Waals surface area (Å²) in [4.78, 5) is 37.0. The molecular formula is C18H25N4O4P. The molecule has 1 amide bonds. The van der Waals surface area contributed by atoms with Crippen molar-refractivity contribution in [1.82, 2.24) is 19.8 Å². The number of nitrogens with zero attached hydrogens (tertiary/aromatic N) is 4. The van der Waals surface area contributed by atoms with E-state index < -0.39 is 18.0 Å². The van der Waals surface area contributed by atoms with Crippen LogP contribution in [-0.4, -0.2) is 62.5 Å². The molecule has 9 heteroatoms. The first-order valence-corrected chi connectivity index (χ1v) is 9.34. The van der Waals surface area contributed by atoms with Crippen molar-refractivity contribution in [3.63, 3.8) is 0 Å². The summed E-state index contributed by atoms with van der Waals surface area (Å²) >= 11 is 0. The van der Waals surface area contributed by atoms with Crippen molar-refractivity contribution >= 4 is 21.3 Å². The third-order valence-corrected chi connectivity index (χ3v) is 5.54. The third-order valence-electron chi connectivity index (χ3n) is 5.32. The summed E-state index contributed by atoms with van der Waals surface area (Å²) in [6, 6.07) is -0.209. The molecule has 146 valence electrons. The third kappa shape index (κ3) is 3.49. The lowest BCUT2D eigenvalue weighted by Gasteiger charge is -2.46. The van der Waals surface area contributed by atoms with E-state index in [2.05, 4.69) is 9.97 Å². The van der Waals surface area contributed by atoms with Crippen molar-refractivity contribution in [1.29, 1.82) is 0 Å². The first-order chi connectivity index (χ1) is 12.8. The number of β-lactam (4-membered cyclic amide) rings is 1. The maximum absolute atomic E-state index is 12.5. The predicted molar refractivity (Wildman–Crippen MR) is 101 cm³/mol. The number of amides is 1. The SMILES string of the molecule is Cc1cnc(CN(C)CC2=C(C(=O)OP)N3C(=O)[C@H]([C@@H](C)O)[C@H]3[C@H]2C)cn1. The molecule has 0 spiro atoms. The highest BCUT2D eigenvalue weighted by Crippen LogP contribution is 2.47. The van der Waals surface area contributed by atoms with Crippen molar-refractivity contribution < 1.29 is 19.2 Å². The lowest BCUT2D eigenvalue weighted by Crippen LogP contribution is -2.63. The average molecular weight is 392 g/mol. The first-order valence-electron chi connectivity index (χ1n) is 8.87. The molecule has 3 heterocycles. The number of aromatic nitrogens is 2. The van der Waals surface area contributed by atoms with Gasteiger partial charge in [0.2, 0.25) is 5.91 Å². The van der Waals surface area contributed by atoms with Crippen LogP contribution in [0.25, 0.3) is 0 Å². The molecule has 1 aromatic heterocycles. The fraction of sp³-hybridized carbons (Fsp3) is 0.556. The van der Waals surface area contributed by atoms with Gasteiger partial charge in [-0.3, -0.25) is 19.7 Å². The lowest BCUT2D eigenvalue weighted by atomic mass is 9.77. The summed E-state index contributed by atoms with van der Waals surface area (Å²) in [5.74, 6) is -1.31. The van der Waals surface area contributed by atoms with Gasteiger partial charge in [-0.1, -0.05) is 6.92 Å². The number of aryl methyl sites for hydroxylation is 1. The molecule has 1 N–H and O–H groups in total. The van der Waals surface area contributed by atoms with Crippen LogP contribution in [0.15, 0.2) is 23.7 Å². The van der Waals surface area contributed by atoms with E-state index in [-0.39, 0.29) is 17.9 Å². The Kier molecular flexibility index (Phi) is 5.60. The molecule has 0 radical (unpaired) electrons. The number of aliphatic hydroxyl groups is 1. The van der Waals surface area contributed by atoms with Crippen molar-refractivity contribution in [2.75, 3.05) is 13.6 Å². The van der Waals surface area contributed by atoms with Crippen LogP contribution in [0.2, 0.25) is 0 Å². The highest BCUT2D eigenvalue weighted by molar-refractivity contribution is 7.10. The lowest BCUT2D eigenvalue weighted by molar-refractivity contribution is -0.162. The van der Waals surface area contributed by atoms with Gasteiger partial charge in [0, 0.05) is 31.4 Å². The zero-order valence-corrected chi connectivity index (χ0v) is 17.1. The maximum atomic E-state index is 12.5. The van der Waals surface area contributed by atoms with E-state index in [1.54, 1.807) is 19.3 Å². The van der Waals surface area contributed by atoms with Crippen molar-refractivity contribution in [2.24, 2.45) is 11.8 Å². The number of carbonyl (C=O) groups is 2. The Hall–Kier alpha value is -1.89. The molecule has 5 atom stereocenters. The van der Waals surface area contributed by atoms with Crippen molar-refractivity contribution in [2.45, 2.75) is 39.5 Å². The van der Waals surface area contributed by atoms with Crippen molar-refractivity contribution in [3.05, 3.63) is 35.1 Å². The van der Waals surface area contributed by atoms with Gasteiger partial charge >= 0.3 is 5.97 Å². The normalized spacial score (nSPS) is 25.5. The second-order valence-corrected chi connectivity index (χ2v) is 7.59. The van der Waals surface area contributed by atoms with Crippen molar-refractivity contribution in [3.8, 4) is 0 Å². The number of hydrogen-bond donors (Lipinski definition) is 1. The van der Waals surface area contributed by atoms with E-state index in [1.807, 2.05) is 35.3 Å². The Morgan fingerprint density at radius 2 is 2.11 bits per heavy atom. The van der Waals surface area contributed by atoms with Crippen LogP contribution in [0.5, 0.6) is 0 Å². The van der Waals surface area contributed by atoms with Gasteiger partial charge in [-0.15, -0.1) is 0 Å². The predicted octanol–water partition coefficient (Wildman–Crippen LogP) is 0.662. The molecule has 1 unspecified atom stereocenters. The molecular weight excluding hydrogens is 367 g/mol. The van der Waals surface area contributed by atoms with E-state index in [0.717, 1.165) is 17.0 Å². The molecule has 2 aliphatic rings. The fourth-order valence-corrected chi connectivity index (χ4v) is 4.13. The van der Waals surface area contributed by atoms with Gasteiger partial charge in [0.15, 0.2) is 0 Å². The number of fused-ring (bicyclic) bond motifs is 1. The topological polar surface area (TPSA) is 95.9 Å². The van der Waals surface area contributed by atoms with E-state index in [1.165, 1.54) is 4.90 Å². The summed E-state index contributed by atoms with van der Waals surface area (Å²) in [6.07, 6.45) is 2.70. The van der Waals surface area contributed by atoms with Gasteiger partial charge in [0.05, 0.1) is 38.9 Å². The van der Waals surface area contributed by atoms with Gasteiger partial charge in [0.1, 0.15) is 5.70 Å². The summed E-state index contributed by atoms with van der Waals surface area (Å²) in [7, 11) is 3.87. The molecule has 2 aliphatic heterocycles. The second-order valence-electron chi connectivity index (χ2n) is 7.35. The van der Waals surface area contributed by atoms with Crippen LogP contribution in [0.1, 0.15) is 25.2 Å². The molecule has 3 rings (SSSR count). The molecule has 1 fully saturated rings. The van der Waals surface area contributed by atoms with E-state index >= 15 is 0 Å². The van der Waals surface area contributed by atoms with Crippen LogP contribution in [-0.2, 0) is 20.7 Å². The Labute approximate surface area is 160 Å². The number of rotatable bonds is 6. The summed E-state index contributed by atoms with van der Waals surface area (Å²) in [6.45, 7) is 6.52. The van der Waals surface area contributed by atoms with Gasteiger partial charge in [-0.2, -0.15) is 0 Å². The summed E-state index contributed by atoms with van der Waals surface area (Å²) in [5, 5.41) is 9.96. The zero-order valence-electron chi connectivity index (χ0n) is 15.9. The van der Waals surface area contributed by atoms with Crippen LogP contribution in [0.3, 0.4) is 0 Å². The summed E-state index contributed by atoms with van der Waals surface area (Å²) in [5.41, 5.74) is 2.81. The van der Waals surface area contributed by atoms with Crippen LogP contribution in [0.4, 0.5) is 0 Å². The molecule has 0 aromatic carbocycles. The van der Waals surface area contributed by atoms with E-state index in [9.17, 15) is 14.7 Å². The minimum absolute atomic E-state index is 0.0482. The van der Waals surface area contributed by atoms with Crippen LogP contribution < -0.4 is 0 Å². The highest BCUT2D eigenvalue weighted by atomic mass is 31.0. The molecule has 0 bridgehead atoms. The minimum atomic E-state index is -0.755. The van der Waals surface area contributed by atoms with Gasteiger partial charge < -0.3 is 14.5 Å². The molecule has 1 saturated heterocycles. The summed E-state index contributed by atoms with van der Waals surface area (Å²) < 4.78 is 4.85. The number of likely N-dealkylation sites (N-methyl/N-ethyl adjacent to an activating group) is 1. The quantitative estimate of drug-likeness (QED) is 0.561. The second kappa shape index (κ2) is 7.62. The van der Waals surface area contributed by atoms with Crippen LogP contribution in [0, 0.1) is 18.8 Å². The standard InChI is InChI=1S/C18H25N4O4P/c1-9-5-20-12(6-19-9)7-21(4)8-13-10(2)15-14(11(3)23)17(24)22(15)16(13)18(25)26-27/h5-6,10-11,14-15,23H,7-8,27H2,1-4H3/t10-,11+,14+,15+/m0/s1.